The number of allylic oxidation sites excluding steroid dienone is 2. The van der Waals surface area contributed by atoms with Gasteiger partial charge in [0.15, 0.2) is 0 Å². The van der Waals surface area contributed by atoms with Crippen LogP contribution in [-0.2, 0) is 4.79 Å². The smallest absolute Gasteiger partial charge is 0.303 e. The molecule has 0 fully saturated rings. The molecule has 0 rings (SSSR count). The summed E-state index contributed by atoms with van der Waals surface area (Å²) in [5, 5.41) is 8.77. The van der Waals surface area contributed by atoms with Gasteiger partial charge in [-0.2, -0.15) is 0 Å². The van der Waals surface area contributed by atoms with E-state index in [1.807, 2.05) is 0 Å². The van der Waals surface area contributed by atoms with Crippen molar-refractivity contribution in [2.24, 2.45) is 5.41 Å². The van der Waals surface area contributed by atoms with Gasteiger partial charge in [-0.3, -0.25) is 4.79 Å². The zero-order chi connectivity index (χ0) is 11.2. The minimum atomic E-state index is -0.688. The van der Waals surface area contributed by atoms with Gasteiger partial charge in [0, 0.05) is 0 Å². The molecule has 0 aromatic rings. The lowest BCUT2D eigenvalue weighted by Crippen LogP contribution is -2.19. The minimum absolute atomic E-state index is 0.0439. The summed E-state index contributed by atoms with van der Waals surface area (Å²) in [5.74, 6) is -0.688. The average molecular weight is 198 g/mol. The van der Waals surface area contributed by atoms with Crippen LogP contribution in [0, 0.1) is 5.41 Å². The van der Waals surface area contributed by atoms with Crippen molar-refractivity contribution in [3.63, 3.8) is 0 Å². The van der Waals surface area contributed by atoms with Crippen LogP contribution in [0.3, 0.4) is 0 Å². The molecule has 1 unspecified atom stereocenters. The van der Waals surface area contributed by atoms with Crippen molar-refractivity contribution in [2.45, 2.75) is 53.4 Å². The molecule has 1 N–H and O–H groups in total. The van der Waals surface area contributed by atoms with Crippen LogP contribution in [-0.4, -0.2) is 11.1 Å². The van der Waals surface area contributed by atoms with Crippen LogP contribution in [0.1, 0.15) is 53.4 Å². The van der Waals surface area contributed by atoms with Gasteiger partial charge < -0.3 is 5.11 Å². The Morgan fingerprint density at radius 1 is 1.43 bits per heavy atom. The molecule has 2 nitrogen and oxygen atoms in total. The summed E-state index contributed by atoms with van der Waals surface area (Å²) in [4.78, 5) is 10.7. The molecule has 0 saturated carbocycles. The molecule has 0 spiro atoms. The lowest BCUT2D eigenvalue weighted by Gasteiger charge is -2.25. The second-order valence-corrected chi connectivity index (χ2v) is 4.55. The van der Waals surface area contributed by atoms with Gasteiger partial charge in [0.1, 0.15) is 0 Å². The Balaban J connectivity index is 4.12. The first kappa shape index (κ1) is 13.2. The van der Waals surface area contributed by atoms with Crippen molar-refractivity contribution < 1.29 is 9.90 Å². The Morgan fingerprint density at radius 2 is 2.00 bits per heavy atom. The average Bonchev–Trinajstić information content (AvgIpc) is 2.02. The van der Waals surface area contributed by atoms with E-state index in [9.17, 15) is 4.79 Å². The van der Waals surface area contributed by atoms with Crippen molar-refractivity contribution in [3.8, 4) is 0 Å². The third-order valence-corrected chi connectivity index (χ3v) is 2.73. The van der Waals surface area contributed by atoms with Gasteiger partial charge in [-0.05, 0) is 32.1 Å². The molecule has 0 aromatic carbocycles. The van der Waals surface area contributed by atoms with Crippen molar-refractivity contribution in [2.75, 3.05) is 0 Å². The summed E-state index contributed by atoms with van der Waals surface area (Å²) in [6.45, 7) is 8.26. The number of rotatable bonds is 6. The lowest BCUT2D eigenvalue weighted by atomic mass is 9.79. The third-order valence-electron chi connectivity index (χ3n) is 2.73. The maximum Gasteiger partial charge on any atom is 0.303 e. The molecule has 0 radical (unpaired) electrons. The van der Waals surface area contributed by atoms with Gasteiger partial charge >= 0.3 is 5.97 Å². The number of hydrogen-bond donors (Lipinski definition) is 1. The third kappa shape index (κ3) is 5.79. The number of carbonyl (C=O) groups is 1. The fourth-order valence-electron chi connectivity index (χ4n) is 1.46. The standard InChI is InChI=1S/C12H22O2/c1-5-12(4,9-11(13)14)8-6-7-10(2)3/h7H,5-6,8-9H2,1-4H3,(H,13,14). The number of carboxylic acids is 1. The Bertz CT molecular complexity index is 214. The highest BCUT2D eigenvalue weighted by atomic mass is 16.4. The van der Waals surface area contributed by atoms with Gasteiger partial charge in [-0.15, -0.1) is 0 Å². The first-order chi connectivity index (χ1) is 6.39. The fourth-order valence-corrected chi connectivity index (χ4v) is 1.46. The maximum atomic E-state index is 10.7. The normalized spacial score (nSPS) is 14.6. The molecule has 1 atom stereocenters. The summed E-state index contributed by atoms with van der Waals surface area (Å²) in [6, 6.07) is 0. The van der Waals surface area contributed by atoms with Gasteiger partial charge in [-0.25, -0.2) is 0 Å². The van der Waals surface area contributed by atoms with Crippen molar-refractivity contribution in [3.05, 3.63) is 11.6 Å². The van der Waals surface area contributed by atoms with E-state index in [-0.39, 0.29) is 11.8 Å². The molecule has 0 bridgehead atoms. The van der Waals surface area contributed by atoms with Gasteiger partial charge in [0.25, 0.3) is 0 Å². The van der Waals surface area contributed by atoms with Crippen LogP contribution in [0.5, 0.6) is 0 Å². The van der Waals surface area contributed by atoms with Crippen molar-refractivity contribution in [1.29, 1.82) is 0 Å². The molecule has 82 valence electrons. The summed E-state index contributed by atoms with van der Waals surface area (Å²) in [7, 11) is 0. The second-order valence-electron chi connectivity index (χ2n) is 4.55. The van der Waals surface area contributed by atoms with E-state index in [2.05, 4.69) is 33.8 Å². The van der Waals surface area contributed by atoms with E-state index < -0.39 is 5.97 Å². The second kappa shape index (κ2) is 5.84. The Kier molecular flexibility index (Phi) is 5.51. The van der Waals surface area contributed by atoms with Crippen LogP contribution in [0.4, 0.5) is 0 Å². The molecular formula is C12H22O2. The fraction of sp³-hybridized carbons (Fsp3) is 0.750. The van der Waals surface area contributed by atoms with Crippen LogP contribution in [0.2, 0.25) is 0 Å². The molecule has 0 aliphatic carbocycles. The molecule has 0 heterocycles. The van der Waals surface area contributed by atoms with Gasteiger partial charge in [-0.1, -0.05) is 31.9 Å². The largest absolute Gasteiger partial charge is 0.481 e. The lowest BCUT2D eigenvalue weighted by molar-refractivity contribution is -0.139. The van der Waals surface area contributed by atoms with E-state index >= 15 is 0 Å². The molecule has 0 aromatic heterocycles. The molecule has 0 aliphatic rings. The highest BCUT2D eigenvalue weighted by molar-refractivity contribution is 5.67. The predicted molar refractivity (Wildman–Crippen MR) is 59.3 cm³/mol. The van der Waals surface area contributed by atoms with Gasteiger partial charge in [0.2, 0.25) is 0 Å². The van der Waals surface area contributed by atoms with E-state index in [0.29, 0.717) is 0 Å². The van der Waals surface area contributed by atoms with E-state index in [4.69, 9.17) is 5.11 Å². The number of hydrogen-bond acceptors (Lipinski definition) is 1. The predicted octanol–water partition coefficient (Wildman–Crippen LogP) is 3.62. The maximum absolute atomic E-state index is 10.7. The summed E-state index contributed by atoms with van der Waals surface area (Å²) in [5.41, 5.74) is 1.26. The number of carboxylic acid groups (broad SMARTS) is 1. The number of aliphatic carboxylic acids is 1. The zero-order valence-corrected chi connectivity index (χ0v) is 9.76. The molecule has 0 amide bonds. The van der Waals surface area contributed by atoms with Gasteiger partial charge in [0.05, 0.1) is 6.42 Å². The SMILES string of the molecule is CCC(C)(CCC=C(C)C)CC(=O)O. The Morgan fingerprint density at radius 3 is 2.36 bits per heavy atom. The summed E-state index contributed by atoms with van der Waals surface area (Å²) in [6.07, 6.45) is 5.33. The monoisotopic (exact) mass is 198 g/mol. The molecule has 14 heavy (non-hydrogen) atoms. The summed E-state index contributed by atoms with van der Waals surface area (Å²) >= 11 is 0. The zero-order valence-electron chi connectivity index (χ0n) is 9.76. The van der Waals surface area contributed by atoms with Crippen LogP contribution < -0.4 is 0 Å². The Hall–Kier alpha value is -0.790. The molecule has 2 heteroatoms. The van der Waals surface area contributed by atoms with E-state index in [0.717, 1.165) is 19.3 Å². The van der Waals surface area contributed by atoms with Crippen molar-refractivity contribution in [1.82, 2.24) is 0 Å². The molecular weight excluding hydrogens is 176 g/mol. The first-order valence-electron chi connectivity index (χ1n) is 5.25. The van der Waals surface area contributed by atoms with Crippen molar-refractivity contribution >= 4 is 5.97 Å². The van der Waals surface area contributed by atoms with Crippen LogP contribution >= 0.6 is 0 Å². The summed E-state index contributed by atoms with van der Waals surface area (Å²) < 4.78 is 0. The molecule has 0 aliphatic heterocycles. The minimum Gasteiger partial charge on any atom is -0.481 e. The highest BCUT2D eigenvalue weighted by Crippen LogP contribution is 2.31. The highest BCUT2D eigenvalue weighted by Gasteiger charge is 2.24. The first-order valence-corrected chi connectivity index (χ1v) is 5.25. The van der Waals surface area contributed by atoms with E-state index in [1.54, 1.807) is 0 Å². The van der Waals surface area contributed by atoms with Crippen LogP contribution in [0.25, 0.3) is 0 Å². The topological polar surface area (TPSA) is 37.3 Å². The van der Waals surface area contributed by atoms with Crippen LogP contribution in [0.15, 0.2) is 11.6 Å². The molecule has 0 saturated heterocycles. The Labute approximate surface area is 87.0 Å². The van der Waals surface area contributed by atoms with E-state index in [1.165, 1.54) is 5.57 Å². The quantitative estimate of drug-likeness (QED) is 0.662.